The second-order valence-corrected chi connectivity index (χ2v) is 4.23. The molecule has 18 heavy (non-hydrogen) atoms. The van der Waals surface area contributed by atoms with Crippen molar-refractivity contribution in [1.82, 2.24) is 20.4 Å². The summed E-state index contributed by atoms with van der Waals surface area (Å²) in [6.07, 6.45) is 7.83. The van der Waals surface area contributed by atoms with E-state index in [2.05, 4.69) is 41.8 Å². The second-order valence-electron chi connectivity index (χ2n) is 4.23. The maximum atomic E-state index is 3.96. The summed E-state index contributed by atoms with van der Waals surface area (Å²) < 4.78 is 0. The number of aryl methyl sites for hydroxylation is 1. The van der Waals surface area contributed by atoms with E-state index in [0.29, 0.717) is 0 Å². The van der Waals surface area contributed by atoms with E-state index in [1.807, 2.05) is 13.2 Å². The Morgan fingerprint density at radius 2 is 1.78 bits per heavy atom. The quantitative estimate of drug-likeness (QED) is 0.699. The van der Waals surface area contributed by atoms with E-state index in [4.69, 9.17) is 0 Å². The van der Waals surface area contributed by atoms with Crippen LogP contribution in [0, 0.1) is 0 Å². The fraction of sp³-hybridized carbons (Fsp3) is 0.846. The highest BCUT2D eigenvalue weighted by Crippen LogP contribution is 1.91. The van der Waals surface area contributed by atoms with Gasteiger partial charge in [0.15, 0.2) is 0 Å². The van der Waals surface area contributed by atoms with Crippen molar-refractivity contribution >= 4 is 0 Å². The van der Waals surface area contributed by atoms with Gasteiger partial charge in [-0.3, -0.25) is 0 Å². The molecule has 2 N–H and O–H groups in total. The van der Waals surface area contributed by atoms with E-state index in [9.17, 15) is 0 Å². The average Bonchev–Trinajstić information content (AvgIpc) is 2.85. The van der Waals surface area contributed by atoms with E-state index < -0.39 is 0 Å². The van der Waals surface area contributed by atoms with Crippen molar-refractivity contribution in [3.05, 3.63) is 11.9 Å². The number of rotatable bonds is 8. The largest absolute Gasteiger partial charge is 0.320 e. The van der Waals surface area contributed by atoms with Crippen LogP contribution in [-0.4, -0.2) is 35.2 Å². The molecule has 106 valence electrons. The highest BCUT2D eigenvalue weighted by atomic mass is 15.6. The van der Waals surface area contributed by atoms with E-state index >= 15 is 0 Å². The molecule has 0 radical (unpaired) electrons. The minimum absolute atomic E-state index is 0.940. The lowest BCUT2D eigenvalue weighted by Crippen LogP contribution is -2.16. The van der Waals surface area contributed by atoms with Gasteiger partial charge in [0.05, 0.1) is 11.9 Å². The topological polar surface area (TPSA) is 54.8 Å². The highest BCUT2D eigenvalue weighted by Gasteiger charge is 1.95. The lowest BCUT2D eigenvalue weighted by molar-refractivity contribution is 0.665. The fourth-order valence-electron chi connectivity index (χ4n) is 1.26. The number of hydrogen-bond acceptors (Lipinski definition) is 4. The van der Waals surface area contributed by atoms with Crippen molar-refractivity contribution in [2.24, 2.45) is 0 Å². The first-order valence-electron chi connectivity index (χ1n) is 7.08. The molecular weight excluding hydrogens is 226 g/mol. The van der Waals surface area contributed by atoms with Gasteiger partial charge < -0.3 is 10.7 Å². The summed E-state index contributed by atoms with van der Waals surface area (Å²) in [7, 11) is 1.98. The molecule has 0 aromatic carbocycles. The van der Waals surface area contributed by atoms with Crippen LogP contribution in [0.3, 0.4) is 0 Å². The molecule has 1 rings (SSSR count). The zero-order valence-electron chi connectivity index (χ0n) is 12.4. The summed E-state index contributed by atoms with van der Waals surface area (Å²) in [5.41, 5.74) is 4.17. The predicted molar refractivity (Wildman–Crippen MR) is 77.4 cm³/mol. The predicted octanol–water partition coefficient (Wildman–Crippen LogP) is 2.19. The first kappa shape index (κ1) is 16.9. The molecule has 0 spiro atoms. The van der Waals surface area contributed by atoms with Gasteiger partial charge in [-0.15, -0.1) is 5.10 Å². The molecule has 0 aliphatic carbocycles. The van der Waals surface area contributed by atoms with Gasteiger partial charge in [0, 0.05) is 6.54 Å². The highest BCUT2D eigenvalue weighted by molar-refractivity contribution is 4.92. The Balaban J connectivity index is 0.000000411. The molecule has 5 nitrogen and oxygen atoms in total. The van der Waals surface area contributed by atoms with Gasteiger partial charge in [0.25, 0.3) is 0 Å². The van der Waals surface area contributed by atoms with Crippen molar-refractivity contribution in [1.29, 1.82) is 0 Å². The van der Waals surface area contributed by atoms with Gasteiger partial charge in [-0.1, -0.05) is 33.6 Å². The molecule has 0 amide bonds. The van der Waals surface area contributed by atoms with E-state index in [0.717, 1.165) is 25.2 Å². The Labute approximate surface area is 111 Å². The Kier molecular flexibility index (Phi) is 11.6. The lowest BCUT2D eigenvalue weighted by atomic mass is 10.3. The van der Waals surface area contributed by atoms with Crippen molar-refractivity contribution < 1.29 is 0 Å². The molecule has 0 unspecified atom stereocenters. The third-order valence-electron chi connectivity index (χ3n) is 2.49. The standard InChI is InChI=1S/C8H16N4.C5H13N/c1-3-5-6-9-12-7-8(4-2)10-11-12;1-3-4-5-6-2/h7,9H,3-6H2,1-2H3;6H,3-5H2,1-2H3. The van der Waals surface area contributed by atoms with Gasteiger partial charge in [0.1, 0.15) is 0 Å². The van der Waals surface area contributed by atoms with Crippen LogP contribution in [0.1, 0.15) is 52.1 Å². The molecular formula is C13H29N5. The maximum absolute atomic E-state index is 3.96. The van der Waals surface area contributed by atoms with Gasteiger partial charge in [-0.2, -0.15) is 4.79 Å². The number of unbranched alkanes of at least 4 members (excludes halogenated alkanes) is 2. The normalized spacial score (nSPS) is 9.78. The smallest absolute Gasteiger partial charge is 0.0846 e. The van der Waals surface area contributed by atoms with Crippen molar-refractivity contribution in [3.63, 3.8) is 0 Å². The van der Waals surface area contributed by atoms with Crippen LogP contribution in [0.25, 0.3) is 0 Å². The van der Waals surface area contributed by atoms with Gasteiger partial charge in [-0.05, 0) is 38.1 Å². The van der Waals surface area contributed by atoms with E-state index in [1.54, 1.807) is 4.79 Å². The SMILES string of the molecule is CCCCNC.CCCCNn1cc(CC)nn1. The number of aromatic nitrogens is 3. The van der Waals surface area contributed by atoms with Crippen molar-refractivity contribution in [2.75, 3.05) is 25.6 Å². The van der Waals surface area contributed by atoms with Crippen molar-refractivity contribution in [3.8, 4) is 0 Å². The number of nitrogens with zero attached hydrogens (tertiary/aromatic N) is 3. The van der Waals surface area contributed by atoms with Gasteiger partial charge in [-0.25, -0.2) is 0 Å². The monoisotopic (exact) mass is 255 g/mol. The minimum Gasteiger partial charge on any atom is -0.320 e. The van der Waals surface area contributed by atoms with Crippen LogP contribution in [0.15, 0.2) is 6.20 Å². The van der Waals surface area contributed by atoms with E-state index in [-0.39, 0.29) is 0 Å². The molecule has 0 bridgehead atoms. The summed E-state index contributed by atoms with van der Waals surface area (Å²) in [5.74, 6) is 0. The molecule has 0 aliphatic rings. The van der Waals surface area contributed by atoms with Crippen LogP contribution in [0.5, 0.6) is 0 Å². The molecule has 0 saturated carbocycles. The van der Waals surface area contributed by atoms with Crippen molar-refractivity contribution in [2.45, 2.75) is 52.9 Å². The molecule has 1 heterocycles. The molecule has 0 saturated heterocycles. The Morgan fingerprint density at radius 1 is 1.11 bits per heavy atom. The summed E-state index contributed by atoms with van der Waals surface area (Å²) in [5, 5.41) is 10.9. The zero-order chi connectivity index (χ0) is 13.6. The summed E-state index contributed by atoms with van der Waals surface area (Å²) >= 11 is 0. The van der Waals surface area contributed by atoms with Crippen LogP contribution in [0.2, 0.25) is 0 Å². The maximum Gasteiger partial charge on any atom is 0.0846 e. The minimum atomic E-state index is 0.940. The molecule has 1 aromatic heterocycles. The van der Waals surface area contributed by atoms with E-state index in [1.165, 1.54) is 25.7 Å². The Hall–Kier alpha value is -1.10. The summed E-state index contributed by atoms with van der Waals surface area (Å²) in [6.45, 7) is 8.55. The van der Waals surface area contributed by atoms with Crippen LogP contribution in [0.4, 0.5) is 0 Å². The second kappa shape index (κ2) is 12.4. The first-order valence-corrected chi connectivity index (χ1v) is 7.08. The average molecular weight is 255 g/mol. The third-order valence-corrected chi connectivity index (χ3v) is 2.49. The fourth-order valence-corrected chi connectivity index (χ4v) is 1.26. The van der Waals surface area contributed by atoms with Gasteiger partial charge in [0.2, 0.25) is 0 Å². The summed E-state index contributed by atoms with van der Waals surface area (Å²) in [6, 6.07) is 0. The molecule has 0 atom stereocenters. The van der Waals surface area contributed by atoms with Crippen LogP contribution in [-0.2, 0) is 6.42 Å². The Bertz CT molecular complexity index is 268. The first-order chi connectivity index (χ1) is 8.78. The Morgan fingerprint density at radius 3 is 2.22 bits per heavy atom. The summed E-state index contributed by atoms with van der Waals surface area (Å²) in [4.78, 5) is 1.69. The molecule has 1 aromatic rings. The van der Waals surface area contributed by atoms with Crippen LogP contribution >= 0.6 is 0 Å². The number of hydrogen-bond donors (Lipinski definition) is 2. The zero-order valence-corrected chi connectivity index (χ0v) is 12.4. The molecule has 5 heteroatoms. The number of nitrogens with one attached hydrogen (secondary N) is 2. The van der Waals surface area contributed by atoms with Gasteiger partial charge >= 0.3 is 0 Å². The lowest BCUT2D eigenvalue weighted by Gasteiger charge is -2.01. The molecule has 0 fully saturated rings. The third kappa shape index (κ3) is 8.98. The molecule has 0 aliphatic heterocycles. The van der Waals surface area contributed by atoms with Crippen LogP contribution < -0.4 is 10.7 Å².